The van der Waals surface area contributed by atoms with E-state index in [1.165, 1.54) is 7.11 Å². The summed E-state index contributed by atoms with van der Waals surface area (Å²) in [4.78, 5) is 0. The molecule has 0 saturated carbocycles. The van der Waals surface area contributed by atoms with E-state index in [-0.39, 0.29) is 11.9 Å². The number of phenols is 1. The molecule has 2 heterocycles. The van der Waals surface area contributed by atoms with Crippen LogP contribution in [0.5, 0.6) is 11.5 Å². The molecule has 1 aliphatic rings. The molecule has 1 aliphatic heterocycles. The van der Waals surface area contributed by atoms with Crippen molar-refractivity contribution in [2.45, 2.75) is 18.9 Å². The molecule has 2 aromatic rings. The van der Waals surface area contributed by atoms with Crippen molar-refractivity contribution in [3.05, 3.63) is 34.4 Å². The van der Waals surface area contributed by atoms with E-state index in [9.17, 15) is 5.11 Å². The molecule has 0 bridgehead atoms. The van der Waals surface area contributed by atoms with Crippen LogP contribution in [-0.2, 0) is 4.74 Å². The summed E-state index contributed by atoms with van der Waals surface area (Å²) in [6.07, 6.45) is 3.45. The van der Waals surface area contributed by atoms with Crippen molar-refractivity contribution >= 4 is 18.4 Å². The van der Waals surface area contributed by atoms with Crippen LogP contribution in [0.1, 0.15) is 30.3 Å². The quantitative estimate of drug-likeness (QED) is 0.667. The lowest BCUT2D eigenvalue weighted by Gasteiger charge is -2.07. The zero-order valence-corrected chi connectivity index (χ0v) is 12.8. The van der Waals surface area contributed by atoms with Crippen molar-refractivity contribution in [2.75, 3.05) is 13.7 Å². The van der Waals surface area contributed by atoms with Crippen molar-refractivity contribution < 1.29 is 14.6 Å². The average Bonchev–Trinajstić information content (AvgIpc) is 3.16. The van der Waals surface area contributed by atoms with E-state index >= 15 is 0 Å². The largest absolute Gasteiger partial charge is 0.504 e. The van der Waals surface area contributed by atoms with E-state index in [2.05, 4.69) is 15.3 Å². The highest BCUT2D eigenvalue weighted by Gasteiger charge is 2.23. The van der Waals surface area contributed by atoms with Gasteiger partial charge in [0.1, 0.15) is 6.10 Å². The smallest absolute Gasteiger partial charge is 0.216 e. The highest BCUT2D eigenvalue weighted by atomic mass is 32.1. The Bertz CT molecular complexity index is 747. The van der Waals surface area contributed by atoms with E-state index in [1.54, 1.807) is 29.1 Å². The van der Waals surface area contributed by atoms with Crippen LogP contribution in [0.2, 0.25) is 0 Å². The van der Waals surface area contributed by atoms with Crippen LogP contribution in [0.4, 0.5) is 0 Å². The number of H-pyrrole nitrogens is 1. The van der Waals surface area contributed by atoms with Crippen molar-refractivity contribution in [3.8, 4) is 11.5 Å². The van der Waals surface area contributed by atoms with Gasteiger partial charge in [0, 0.05) is 6.61 Å². The summed E-state index contributed by atoms with van der Waals surface area (Å²) in [5.41, 5.74) is 0.774. The number of aromatic hydroxyl groups is 1. The Morgan fingerprint density at radius 1 is 1.59 bits per heavy atom. The van der Waals surface area contributed by atoms with Gasteiger partial charge in [-0.2, -0.15) is 14.9 Å². The van der Waals surface area contributed by atoms with Crippen LogP contribution in [0.3, 0.4) is 0 Å². The Morgan fingerprint density at radius 3 is 3.18 bits per heavy atom. The number of aromatic nitrogens is 3. The first kappa shape index (κ1) is 14.7. The monoisotopic (exact) mass is 320 g/mol. The first-order chi connectivity index (χ1) is 10.7. The molecule has 0 unspecified atom stereocenters. The molecule has 1 atom stereocenters. The Kier molecular flexibility index (Phi) is 4.21. The Morgan fingerprint density at radius 2 is 2.45 bits per heavy atom. The first-order valence-corrected chi connectivity index (χ1v) is 7.30. The fourth-order valence-electron chi connectivity index (χ4n) is 2.30. The van der Waals surface area contributed by atoms with E-state index < -0.39 is 0 Å². The van der Waals surface area contributed by atoms with Crippen LogP contribution < -0.4 is 4.74 Å². The molecule has 1 saturated heterocycles. The minimum Gasteiger partial charge on any atom is -0.504 e. The molecule has 8 heteroatoms. The molecule has 0 amide bonds. The summed E-state index contributed by atoms with van der Waals surface area (Å²) in [6, 6.07) is 4.97. The maximum atomic E-state index is 9.60. The lowest BCUT2D eigenvalue weighted by molar-refractivity contribution is 0.102. The lowest BCUT2D eigenvalue weighted by atomic mass is 10.2. The molecule has 22 heavy (non-hydrogen) atoms. The van der Waals surface area contributed by atoms with Crippen LogP contribution >= 0.6 is 12.2 Å². The van der Waals surface area contributed by atoms with Crippen LogP contribution in [0.25, 0.3) is 0 Å². The zero-order valence-electron chi connectivity index (χ0n) is 12.0. The molecule has 7 nitrogen and oxygen atoms in total. The summed E-state index contributed by atoms with van der Waals surface area (Å²) in [5.74, 6) is 1.14. The summed E-state index contributed by atoms with van der Waals surface area (Å²) >= 11 is 5.20. The fraction of sp³-hybridized carbons (Fsp3) is 0.357. The number of ether oxygens (including phenoxy) is 2. The van der Waals surface area contributed by atoms with Crippen molar-refractivity contribution in [1.29, 1.82) is 0 Å². The lowest BCUT2D eigenvalue weighted by Crippen LogP contribution is -2.05. The second-order valence-corrected chi connectivity index (χ2v) is 5.26. The van der Waals surface area contributed by atoms with Crippen LogP contribution in [0, 0.1) is 4.77 Å². The minimum absolute atomic E-state index is 0.0830. The number of rotatable bonds is 4. The normalized spacial score (nSPS) is 18.1. The van der Waals surface area contributed by atoms with Gasteiger partial charge in [-0.3, -0.25) is 5.10 Å². The highest BCUT2D eigenvalue weighted by molar-refractivity contribution is 7.71. The van der Waals surface area contributed by atoms with Gasteiger partial charge in [-0.15, -0.1) is 0 Å². The molecule has 2 N–H and O–H groups in total. The second-order valence-electron chi connectivity index (χ2n) is 4.88. The number of hydrogen-bond donors (Lipinski definition) is 2. The second kappa shape index (κ2) is 6.29. The molecule has 1 fully saturated rings. The number of phenolic OH excluding ortho intramolecular Hbond substituents is 1. The molecular formula is C14H16N4O3S. The Balaban J connectivity index is 1.89. The molecule has 1 aromatic carbocycles. The van der Waals surface area contributed by atoms with Crippen LogP contribution in [0.15, 0.2) is 23.3 Å². The zero-order chi connectivity index (χ0) is 15.5. The van der Waals surface area contributed by atoms with Crippen molar-refractivity contribution in [1.82, 2.24) is 14.9 Å². The highest BCUT2D eigenvalue weighted by Crippen LogP contribution is 2.27. The van der Waals surface area contributed by atoms with E-state index in [4.69, 9.17) is 21.7 Å². The Hall–Kier alpha value is -2.19. The van der Waals surface area contributed by atoms with Gasteiger partial charge in [0.2, 0.25) is 4.77 Å². The summed E-state index contributed by atoms with van der Waals surface area (Å²) in [5, 5.41) is 20.9. The van der Waals surface area contributed by atoms with E-state index in [0.717, 1.165) is 25.0 Å². The number of nitrogens with one attached hydrogen (secondary N) is 1. The van der Waals surface area contributed by atoms with E-state index in [0.29, 0.717) is 16.3 Å². The molecule has 116 valence electrons. The third kappa shape index (κ3) is 2.88. The van der Waals surface area contributed by atoms with Crippen molar-refractivity contribution in [3.63, 3.8) is 0 Å². The number of aromatic amines is 1. The number of benzene rings is 1. The molecular weight excluding hydrogens is 304 g/mol. The third-order valence-electron chi connectivity index (χ3n) is 3.42. The third-order valence-corrected chi connectivity index (χ3v) is 3.68. The topological polar surface area (TPSA) is 84.7 Å². The van der Waals surface area contributed by atoms with Gasteiger partial charge >= 0.3 is 0 Å². The molecule has 0 aliphatic carbocycles. The molecule has 3 rings (SSSR count). The minimum atomic E-state index is -0.0838. The summed E-state index contributed by atoms with van der Waals surface area (Å²) in [6.45, 7) is 0.725. The molecule has 0 radical (unpaired) electrons. The summed E-state index contributed by atoms with van der Waals surface area (Å²) < 4.78 is 12.7. The number of nitrogens with zero attached hydrogens (tertiary/aromatic N) is 3. The maximum Gasteiger partial charge on any atom is 0.216 e. The predicted octanol–water partition coefficient (Wildman–Crippen LogP) is 2.39. The Labute approximate surface area is 132 Å². The van der Waals surface area contributed by atoms with Gasteiger partial charge in [-0.05, 0) is 48.8 Å². The SMILES string of the molecule is COc1cc(/C=N/n2c([C@H]3CCCO3)n[nH]c2=S)ccc1O. The molecule has 1 aromatic heterocycles. The van der Waals surface area contributed by atoms with Gasteiger partial charge in [0.05, 0.1) is 13.3 Å². The van der Waals surface area contributed by atoms with Gasteiger partial charge in [0.15, 0.2) is 17.3 Å². The fourth-order valence-corrected chi connectivity index (χ4v) is 2.49. The average molecular weight is 320 g/mol. The first-order valence-electron chi connectivity index (χ1n) is 6.89. The number of hydrogen-bond acceptors (Lipinski definition) is 6. The van der Waals surface area contributed by atoms with Gasteiger partial charge in [0.25, 0.3) is 0 Å². The number of methoxy groups -OCH3 is 1. The standard InChI is InChI=1S/C14H16N4O3S/c1-20-12-7-9(4-5-10(12)19)8-15-18-13(16-17-14(18)22)11-3-2-6-21-11/h4-5,7-8,11,19H,2-3,6H2,1H3,(H,17,22)/b15-8+/t11-/m1/s1. The van der Waals surface area contributed by atoms with Gasteiger partial charge in [-0.1, -0.05) is 0 Å². The van der Waals surface area contributed by atoms with E-state index in [1.807, 2.05) is 0 Å². The van der Waals surface area contributed by atoms with Gasteiger partial charge in [-0.25, -0.2) is 0 Å². The maximum absolute atomic E-state index is 9.60. The van der Waals surface area contributed by atoms with Crippen molar-refractivity contribution in [2.24, 2.45) is 5.10 Å². The van der Waals surface area contributed by atoms with Crippen LogP contribution in [-0.4, -0.2) is 39.9 Å². The predicted molar refractivity (Wildman–Crippen MR) is 83.0 cm³/mol. The van der Waals surface area contributed by atoms with Gasteiger partial charge < -0.3 is 14.6 Å². The molecule has 0 spiro atoms. The summed E-state index contributed by atoms with van der Waals surface area (Å²) in [7, 11) is 1.50.